The van der Waals surface area contributed by atoms with Crippen molar-refractivity contribution in [2.45, 2.75) is 32.4 Å². The number of aryl methyl sites for hydroxylation is 1. The zero-order valence-electron chi connectivity index (χ0n) is 13.2. The quantitative estimate of drug-likeness (QED) is 0.309. The molecule has 0 atom stereocenters. The molecule has 126 valence electrons. The minimum Gasteiger partial charge on any atom is -0.471 e. The van der Waals surface area contributed by atoms with Gasteiger partial charge in [-0.15, -0.1) is 5.10 Å². The average Bonchev–Trinajstić information content (AvgIpc) is 3.00. The molecule has 0 bridgehead atoms. The molecule has 3 aromatic rings. The van der Waals surface area contributed by atoms with Crippen LogP contribution < -0.4 is 4.74 Å². The van der Waals surface area contributed by atoms with Gasteiger partial charge in [-0.25, -0.2) is 4.68 Å². The Bertz CT molecular complexity index is 794. The molecule has 0 spiro atoms. The number of pyridine rings is 1. The van der Waals surface area contributed by atoms with Gasteiger partial charge in [0.05, 0.1) is 0 Å². The molecule has 3 rings (SSSR count). The van der Waals surface area contributed by atoms with Crippen LogP contribution in [-0.2, 0) is 13.2 Å². The first kappa shape index (κ1) is 17.2. The van der Waals surface area contributed by atoms with E-state index in [1.807, 2.05) is 35.0 Å². The predicted molar refractivity (Wildman–Crippen MR) is 98.8 cm³/mol. The van der Waals surface area contributed by atoms with E-state index in [0.717, 1.165) is 42.2 Å². The van der Waals surface area contributed by atoms with Crippen LogP contribution in [0.4, 0.5) is 0 Å². The first-order valence-corrected chi connectivity index (χ1v) is 9.40. The van der Waals surface area contributed by atoms with E-state index in [-0.39, 0.29) is 0 Å². The summed E-state index contributed by atoms with van der Waals surface area (Å²) < 4.78 is 7.76. The molecule has 2 heterocycles. The molecule has 0 aliphatic carbocycles. The summed E-state index contributed by atoms with van der Waals surface area (Å²) in [6, 6.07) is 11.7. The summed E-state index contributed by atoms with van der Waals surface area (Å²) in [6.07, 6.45) is 3.31. The van der Waals surface area contributed by atoms with Gasteiger partial charge in [0.15, 0.2) is 5.52 Å². The van der Waals surface area contributed by atoms with Crippen molar-refractivity contribution in [1.29, 1.82) is 0 Å². The summed E-state index contributed by atoms with van der Waals surface area (Å²) in [5.74, 6) is 0.479. The van der Waals surface area contributed by atoms with Crippen molar-refractivity contribution in [2.75, 3.05) is 5.33 Å². The number of aromatic nitrogens is 4. The second-order valence-electron chi connectivity index (χ2n) is 5.45. The lowest BCUT2D eigenvalue weighted by Crippen LogP contribution is -2.04. The number of rotatable bonds is 8. The number of benzene rings is 1. The van der Waals surface area contributed by atoms with Gasteiger partial charge < -0.3 is 4.74 Å². The number of ether oxygens (including phenoxy) is 1. The standard InChI is InChI=1S/C17H18BrClN4O/c18-9-5-2-6-10-23-16-14(21-22-23)11-15(19)20-17(16)24-12-13-7-3-1-4-8-13/h1,3-4,7-8,11H,2,5-6,9-10,12H2. The molecule has 0 aliphatic rings. The van der Waals surface area contributed by atoms with Gasteiger partial charge in [0.25, 0.3) is 0 Å². The summed E-state index contributed by atoms with van der Waals surface area (Å²) in [4.78, 5) is 4.33. The van der Waals surface area contributed by atoms with E-state index in [4.69, 9.17) is 16.3 Å². The highest BCUT2D eigenvalue weighted by Crippen LogP contribution is 2.26. The summed E-state index contributed by atoms with van der Waals surface area (Å²) >= 11 is 9.54. The lowest BCUT2D eigenvalue weighted by atomic mass is 10.2. The SMILES string of the molecule is Clc1cc2nnn(CCCCCBr)c2c(OCc2ccccc2)n1. The van der Waals surface area contributed by atoms with Gasteiger partial charge in [-0.2, -0.15) is 4.98 Å². The monoisotopic (exact) mass is 408 g/mol. The molecule has 0 fully saturated rings. The normalized spacial score (nSPS) is 11.1. The number of nitrogens with zero attached hydrogens (tertiary/aromatic N) is 4. The van der Waals surface area contributed by atoms with Gasteiger partial charge >= 0.3 is 0 Å². The summed E-state index contributed by atoms with van der Waals surface area (Å²) in [5.41, 5.74) is 2.58. The highest BCUT2D eigenvalue weighted by Gasteiger charge is 2.14. The fourth-order valence-electron chi connectivity index (χ4n) is 2.45. The number of hydrogen-bond donors (Lipinski definition) is 0. The van der Waals surface area contributed by atoms with E-state index in [1.165, 1.54) is 0 Å². The minimum atomic E-state index is 0.358. The van der Waals surface area contributed by atoms with Crippen molar-refractivity contribution < 1.29 is 4.74 Å². The fraction of sp³-hybridized carbons (Fsp3) is 0.353. The third-order valence-electron chi connectivity index (χ3n) is 3.65. The maximum Gasteiger partial charge on any atom is 0.243 e. The van der Waals surface area contributed by atoms with Gasteiger partial charge in [-0.1, -0.05) is 69.5 Å². The van der Waals surface area contributed by atoms with Crippen molar-refractivity contribution in [1.82, 2.24) is 20.0 Å². The van der Waals surface area contributed by atoms with E-state index in [1.54, 1.807) is 6.07 Å². The van der Waals surface area contributed by atoms with Crippen LogP contribution in [0, 0.1) is 0 Å². The molecular formula is C17H18BrClN4O. The average molecular weight is 410 g/mol. The van der Waals surface area contributed by atoms with Crippen molar-refractivity contribution in [2.24, 2.45) is 0 Å². The number of fused-ring (bicyclic) bond motifs is 1. The van der Waals surface area contributed by atoms with Crippen LogP contribution in [0.2, 0.25) is 5.15 Å². The van der Waals surface area contributed by atoms with Crippen LogP contribution in [0.15, 0.2) is 36.4 Å². The number of unbranched alkanes of at least 4 members (excludes halogenated alkanes) is 2. The maximum absolute atomic E-state index is 6.09. The largest absolute Gasteiger partial charge is 0.471 e. The Kier molecular flexibility index (Phi) is 6.04. The lowest BCUT2D eigenvalue weighted by Gasteiger charge is -2.09. The summed E-state index contributed by atoms with van der Waals surface area (Å²) in [5, 5.41) is 9.80. The zero-order chi connectivity index (χ0) is 16.8. The van der Waals surface area contributed by atoms with E-state index in [2.05, 4.69) is 31.2 Å². The Labute approximate surface area is 154 Å². The number of hydrogen-bond acceptors (Lipinski definition) is 4. The third kappa shape index (κ3) is 4.24. The van der Waals surface area contributed by atoms with Crippen molar-refractivity contribution in [3.63, 3.8) is 0 Å². The maximum atomic E-state index is 6.09. The Morgan fingerprint density at radius 2 is 1.96 bits per heavy atom. The number of alkyl halides is 1. The van der Waals surface area contributed by atoms with Crippen LogP contribution in [-0.4, -0.2) is 25.3 Å². The molecule has 2 aromatic heterocycles. The molecule has 7 heteroatoms. The predicted octanol–water partition coefficient (Wildman–Crippen LogP) is 4.62. The molecule has 1 aromatic carbocycles. The molecule has 0 aliphatic heterocycles. The molecule has 0 unspecified atom stereocenters. The molecule has 24 heavy (non-hydrogen) atoms. The zero-order valence-corrected chi connectivity index (χ0v) is 15.5. The number of halogens is 2. The van der Waals surface area contributed by atoms with Gasteiger partial charge in [-0.05, 0) is 18.4 Å². The Morgan fingerprint density at radius 3 is 2.75 bits per heavy atom. The molecule has 0 saturated heterocycles. The van der Waals surface area contributed by atoms with Crippen molar-refractivity contribution in [3.05, 3.63) is 47.1 Å². The van der Waals surface area contributed by atoms with E-state index in [0.29, 0.717) is 23.2 Å². The van der Waals surface area contributed by atoms with Crippen LogP contribution in [0.1, 0.15) is 24.8 Å². The molecule has 0 saturated carbocycles. The van der Waals surface area contributed by atoms with Gasteiger partial charge in [-0.3, -0.25) is 0 Å². The van der Waals surface area contributed by atoms with Crippen LogP contribution in [0.5, 0.6) is 5.88 Å². The van der Waals surface area contributed by atoms with Gasteiger partial charge in [0.1, 0.15) is 17.3 Å². The molecular weight excluding hydrogens is 392 g/mol. The second kappa shape index (κ2) is 8.44. The molecule has 0 radical (unpaired) electrons. The van der Waals surface area contributed by atoms with Crippen LogP contribution in [0.3, 0.4) is 0 Å². The summed E-state index contributed by atoms with van der Waals surface area (Å²) in [6.45, 7) is 1.21. The smallest absolute Gasteiger partial charge is 0.243 e. The molecule has 0 amide bonds. The van der Waals surface area contributed by atoms with Crippen molar-refractivity contribution in [3.8, 4) is 5.88 Å². The Hall–Kier alpha value is -1.66. The fourth-order valence-corrected chi connectivity index (χ4v) is 3.03. The van der Waals surface area contributed by atoms with E-state index < -0.39 is 0 Å². The molecule has 5 nitrogen and oxygen atoms in total. The third-order valence-corrected chi connectivity index (χ3v) is 4.40. The molecule has 0 N–H and O–H groups in total. The highest BCUT2D eigenvalue weighted by atomic mass is 79.9. The van der Waals surface area contributed by atoms with Gasteiger partial charge in [0, 0.05) is 17.9 Å². The van der Waals surface area contributed by atoms with Crippen LogP contribution >= 0.6 is 27.5 Å². The summed E-state index contributed by atoms with van der Waals surface area (Å²) in [7, 11) is 0. The Balaban J connectivity index is 1.81. The minimum absolute atomic E-state index is 0.358. The van der Waals surface area contributed by atoms with E-state index >= 15 is 0 Å². The topological polar surface area (TPSA) is 52.8 Å². The van der Waals surface area contributed by atoms with Crippen LogP contribution in [0.25, 0.3) is 11.0 Å². The van der Waals surface area contributed by atoms with Gasteiger partial charge in [0.2, 0.25) is 5.88 Å². The van der Waals surface area contributed by atoms with Crippen molar-refractivity contribution >= 4 is 38.6 Å². The Morgan fingerprint density at radius 1 is 1.12 bits per heavy atom. The second-order valence-corrected chi connectivity index (χ2v) is 6.63. The van der Waals surface area contributed by atoms with E-state index in [9.17, 15) is 0 Å². The first-order valence-electron chi connectivity index (χ1n) is 7.90. The lowest BCUT2D eigenvalue weighted by molar-refractivity contribution is 0.296. The first-order chi connectivity index (χ1) is 11.8. The highest BCUT2D eigenvalue weighted by molar-refractivity contribution is 9.09.